The molecule has 0 radical (unpaired) electrons. The highest BCUT2D eigenvalue weighted by atomic mass is 32.2. The lowest BCUT2D eigenvalue weighted by Gasteiger charge is -2.25. The van der Waals surface area contributed by atoms with Crippen LogP contribution in [-0.2, 0) is 10.0 Å². The van der Waals surface area contributed by atoms with E-state index in [1.807, 2.05) is 0 Å². The number of carboxylic acids is 1. The Morgan fingerprint density at radius 2 is 1.86 bits per heavy atom. The van der Waals surface area contributed by atoms with Gasteiger partial charge >= 0.3 is 12.3 Å². The van der Waals surface area contributed by atoms with E-state index in [4.69, 9.17) is 5.11 Å². The topological polar surface area (TPSA) is 110 Å². The van der Waals surface area contributed by atoms with Crippen molar-refractivity contribution in [2.75, 3.05) is 13.1 Å². The van der Waals surface area contributed by atoms with Gasteiger partial charge in [0.2, 0.25) is 10.0 Å². The average molecular weight is 429 g/mol. The molecule has 0 atom stereocenters. The predicted octanol–water partition coefficient (Wildman–Crippen LogP) is 2.55. The van der Waals surface area contributed by atoms with E-state index in [1.165, 1.54) is 12.3 Å². The van der Waals surface area contributed by atoms with E-state index in [1.54, 1.807) is 6.08 Å². The molecule has 0 saturated carbocycles. The molecule has 1 aromatic carbocycles. The van der Waals surface area contributed by atoms with Crippen LogP contribution in [0.2, 0.25) is 0 Å². The third-order valence-electron chi connectivity index (χ3n) is 4.03. The number of carboxylic acid groups (broad SMARTS) is 1. The van der Waals surface area contributed by atoms with E-state index >= 15 is 0 Å². The molecule has 154 valence electrons. The van der Waals surface area contributed by atoms with Crippen LogP contribution in [0.25, 0.3) is 5.57 Å². The molecule has 0 spiro atoms. The van der Waals surface area contributed by atoms with Gasteiger partial charge in [-0.3, -0.25) is 0 Å². The molecule has 29 heavy (non-hydrogen) atoms. The molecule has 8 nitrogen and oxygen atoms in total. The summed E-state index contributed by atoms with van der Waals surface area (Å²) in [7, 11) is -3.93. The van der Waals surface area contributed by atoms with Crippen molar-refractivity contribution in [1.29, 1.82) is 0 Å². The second-order valence-electron chi connectivity index (χ2n) is 5.93. The highest BCUT2D eigenvalue weighted by molar-refractivity contribution is 7.89. The molecule has 0 unspecified atom stereocenters. The Kier molecular flexibility index (Phi) is 5.57. The number of rotatable bonds is 5. The minimum Gasteiger partial charge on any atom is -0.477 e. The molecular weight excluding hydrogens is 415 g/mol. The normalized spacial score (nSPS) is 15.6. The van der Waals surface area contributed by atoms with Crippen molar-refractivity contribution >= 4 is 21.6 Å². The van der Waals surface area contributed by atoms with Crippen LogP contribution in [-0.4, -0.2) is 53.2 Å². The summed E-state index contributed by atoms with van der Waals surface area (Å²) in [5.74, 6) is -1.52. The molecule has 1 aliphatic heterocycles. The zero-order valence-corrected chi connectivity index (χ0v) is 15.4. The number of aromatic carboxylic acids is 1. The number of hydrogen-bond acceptors (Lipinski definition) is 6. The van der Waals surface area contributed by atoms with Gasteiger partial charge in [-0.05, 0) is 42.3 Å². The second kappa shape index (κ2) is 7.79. The van der Waals surface area contributed by atoms with E-state index in [0.29, 0.717) is 5.57 Å². The molecule has 1 aromatic heterocycles. The van der Waals surface area contributed by atoms with Gasteiger partial charge in [0, 0.05) is 19.3 Å². The standard InChI is InChI=1S/C17H14F3N3O5S/c18-17(19,20)28-12-1-3-13(4-2-12)29(26,27)23-9-6-11(7-10-23)15-21-8-5-14(22-15)16(24)25/h1-6,8H,7,9-10H2,(H,24,25). The fourth-order valence-corrected chi connectivity index (χ4v) is 4.05. The molecule has 0 saturated heterocycles. The Morgan fingerprint density at radius 3 is 2.41 bits per heavy atom. The number of ether oxygens (including phenoxy) is 1. The van der Waals surface area contributed by atoms with Crippen molar-refractivity contribution in [2.24, 2.45) is 0 Å². The maximum Gasteiger partial charge on any atom is 0.573 e. The Bertz CT molecular complexity index is 1050. The number of sulfonamides is 1. The first-order valence-corrected chi connectivity index (χ1v) is 9.62. The van der Waals surface area contributed by atoms with Gasteiger partial charge in [0.1, 0.15) is 5.75 Å². The first-order valence-electron chi connectivity index (χ1n) is 8.18. The molecule has 0 amide bonds. The lowest BCUT2D eigenvalue weighted by molar-refractivity contribution is -0.274. The number of alkyl halides is 3. The lowest BCUT2D eigenvalue weighted by Crippen LogP contribution is -2.34. The highest BCUT2D eigenvalue weighted by Crippen LogP contribution is 2.27. The third kappa shape index (κ3) is 4.90. The van der Waals surface area contributed by atoms with Gasteiger partial charge in [0.15, 0.2) is 11.5 Å². The molecule has 1 aliphatic rings. The fourth-order valence-electron chi connectivity index (χ4n) is 2.67. The van der Waals surface area contributed by atoms with Crippen molar-refractivity contribution in [2.45, 2.75) is 17.7 Å². The molecule has 0 aliphatic carbocycles. The molecule has 0 bridgehead atoms. The van der Waals surface area contributed by atoms with Gasteiger partial charge < -0.3 is 9.84 Å². The predicted molar refractivity (Wildman–Crippen MR) is 93.5 cm³/mol. The van der Waals surface area contributed by atoms with Crippen molar-refractivity contribution in [1.82, 2.24) is 14.3 Å². The first-order chi connectivity index (χ1) is 13.6. The Hall–Kier alpha value is -2.99. The number of halogens is 3. The van der Waals surface area contributed by atoms with Crippen LogP contribution < -0.4 is 4.74 Å². The maximum absolute atomic E-state index is 12.7. The van der Waals surface area contributed by atoms with Crippen molar-refractivity contribution < 1.29 is 36.2 Å². The van der Waals surface area contributed by atoms with E-state index in [2.05, 4.69) is 14.7 Å². The van der Waals surface area contributed by atoms with Crippen LogP contribution in [0.5, 0.6) is 5.75 Å². The number of hydrogen-bond donors (Lipinski definition) is 1. The van der Waals surface area contributed by atoms with Crippen molar-refractivity contribution in [3.63, 3.8) is 0 Å². The van der Waals surface area contributed by atoms with Gasteiger partial charge in [-0.15, -0.1) is 13.2 Å². The summed E-state index contributed by atoms with van der Waals surface area (Å²) in [5, 5.41) is 9.00. The van der Waals surface area contributed by atoms with Gasteiger partial charge in [-0.2, -0.15) is 4.31 Å². The molecule has 2 heterocycles. The number of nitrogens with zero attached hydrogens (tertiary/aromatic N) is 3. The molecule has 3 rings (SSSR count). The minimum atomic E-state index is -4.87. The molecule has 0 fully saturated rings. The highest BCUT2D eigenvalue weighted by Gasteiger charge is 2.32. The number of benzene rings is 1. The minimum absolute atomic E-state index is 0.0148. The molecule has 2 aromatic rings. The van der Waals surface area contributed by atoms with Crippen molar-refractivity contribution in [3.05, 3.63) is 54.1 Å². The molecule has 12 heteroatoms. The van der Waals surface area contributed by atoms with Crippen LogP contribution >= 0.6 is 0 Å². The largest absolute Gasteiger partial charge is 0.573 e. The first kappa shape index (κ1) is 20.7. The summed E-state index contributed by atoms with van der Waals surface area (Å²) in [4.78, 5) is 18.8. The summed E-state index contributed by atoms with van der Waals surface area (Å²) in [5.41, 5.74) is 0.431. The summed E-state index contributed by atoms with van der Waals surface area (Å²) >= 11 is 0. The van der Waals surface area contributed by atoms with Gasteiger partial charge in [-0.25, -0.2) is 23.2 Å². The zero-order chi connectivity index (χ0) is 21.2. The zero-order valence-electron chi connectivity index (χ0n) is 14.6. The smallest absolute Gasteiger partial charge is 0.477 e. The van der Waals surface area contributed by atoms with Gasteiger partial charge in [0.05, 0.1) is 4.90 Å². The van der Waals surface area contributed by atoms with Crippen LogP contribution in [0.4, 0.5) is 13.2 Å². The molecule has 1 N–H and O–H groups in total. The van der Waals surface area contributed by atoms with Crippen LogP contribution in [0.15, 0.2) is 47.5 Å². The fraction of sp³-hybridized carbons (Fsp3) is 0.235. The van der Waals surface area contributed by atoms with E-state index in [9.17, 15) is 26.4 Å². The van der Waals surface area contributed by atoms with Crippen LogP contribution in [0, 0.1) is 0 Å². The van der Waals surface area contributed by atoms with Crippen LogP contribution in [0.3, 0.4) is 0 Å². The van der Waals surface area contributed by atoms with Crippen molar-refractivity contribution in [3.8, 4) is 5.75 Å². The number of aromatic nitrogens is 2. The maximum atomic E-state index is 12.7. The summed E-state index contributed by atoms with van der Waals surface area (Å²) in [6, 6.07) is 5.18. The Balaban J connectivity index is 1.75. The monoisotopic (exact) mass is 429 g/mol. The van der Waals surface area contributed by atoms with E-state index in [-0.39, 0.29) is 35.9 Å². The quantitative estimate of drug-likeness (QED) is 0.778. The molecular formula is C17H14F3N3O5S. The Labute approximate surface area is 163 Å². The average Bonchev–Trinajstić information content (AvgIpc) is 2.67. The summed E-state index contributed by atoms with van der Waals surface area (Å²) < 4.78 is 66.9. The summed E-state index contributed by atoms with van der Waals surface area (Å²) in [6.45, 7) is 0.0642. The van der Waals surface area contributed by atoms with Crippen LogP contribution in [0.1, 0.15) is 22.7 Å². The SMILES string of the molecule is O=C(O)c1ccnc(C2=CCN(S(=O)(=O)c3ccc(OC(F)(F)F)cc3)CC2)n1. The lowest BCUT2D eigenvalue weighted by atomic mass is 10.1. The second-order valence-corrected chi connectivity index (χ2v) is 7.87. The van der Waals surface area contributed by atoms with E-state index < -0.39 is 28.1 Å². The summed E-state index contributed by atoms with van der Waals surface area (Å²) in [6.07, 6.45) is -1.74. The Morgan fingerprint density at radius 1 is 1.17 bits per heavy atom. The third-order valence-corrected chi connectivity index (χ3v) is 5.91. The number of carbonyl (C=O) groups is 1. The van der Waals surface area contributed by atoms with E-state index in [0.717, 1.165) is 28.6 Å². The van der Waals surface area contributed by atoms with Gasteiger partial charge in [0.25, 0.3) is 0 Å². The van der Waals surface area contributed by atoms with Gasteiger partial charge in [-0.1, -0.05) is 6.08 Å².